The number of Topliss-reactive ketones (excluding diaryl/α,β-unsaturated/α-hetero) is 1. The van der Waals surface area contributed by atoms with Gasteiger partial charge < -0.3 is 19.3 Å². The fraction of sp³-hybridized carbons (Fsp3) is 0.581. The summed E-state index contributed by atoms with van der Waals surface area (Å²) in [6.45, 7) is 3.86. The SMILES string of the molecule is C/C=C/CCCCCC1C=C2C34OC(=O)[C@]2(CC(=O)O)CC2=C(C(=O)OC2=O)C3C1C[C@H](C(=O)CC/C=C/C)O4. The minimum atomic E-state index is -1.82. The van der Waals surface area contributed by atoms with Crippen LogP contribution in [0.2, 0.25) is 0 Å². The number of esters is 3. The molecule has 1 N–H and O–H groups in total. The first-order valence-electron chi connectivity index (χ1n) is 14.3. The molecule has 2 fully saturated rings. The highest BCUT2D eigenvalue weighted by Crippen LogP contribution is 2.67. The Hall–Kier alpha value is -3.33. The van der Waals surface area contributed by atoms with Crippen LogP contribution in [0.15, 0.2) is 47.1 Å². The van der Waals surface area contributed by atoms with E-state index in [9.17, 15) is 29.1 Å². The first-order valence-corrected chi connectivity index (χ1v) is 14.3. The van der Waals surface area contributed by atoms with E-state index in [0.29, 0.717) is 18.4 Å². The predicted molar refractivity (Wildman–Crippen MR) is 141 cm³/mol. The summed E-state index contributed by atoms with van der Waals surface area (Å²) in [4.78, 5) is 65.1. The van der Waals surface area contributed by atoms with Gasteiger partial charge in [0.15, 0.2) is 5.78 Å². The van der Waals surface area contributed by atoms with E-state index in [-0.39, 0.29) is 41.6 Å². The fourth-order valence-corrected chi connectivity index (χ4v) is 7.40. The van der Waals surface area contributed by atoms with E-state index >= 15 is 0 Å². The molecule has 2 aliphatic carbocycles. The van der Waals surface area contributed by atoms with Gasteiger partial charge in [-0.2, -0.15) is 0 Å². The molecule has 0 saturated carbocycles. The molecule has 0 aromatic rings. The smallest absolute Gasteiger partial charge is 0.343 e. The van der Waals surface area contributed by atoms with Crippen LogP contribution < -0.4 is 0 Å². The van der Waals surface area contributed by atoms with Crippen molar-refractivity contribution in [1.29, 1.82) is 0 Å². The van der Waals surface area contributed by atoms with Gasteiger partial charge in [0, 0.05) is 18.4 Å². The van der Waals surface area contributed by atoms with Crippen LogP contribution in [-0.4, -0.2) is 46.7 Å². The van der Waals surface area contributed by atoms with Crippen LogP contribution in [0.1, 0.15) is 78.1 Å². The highest BCUT2D eigenvalue weighted by atomic mass is 16.7. The summed E-state index contributed by atoms with van der Waals surface area (Å²) >= 11 is 0. The van der Waals surface area contributed by atoms with Crippen LogP contribution in [0.25, 0.3) is 0 Å². The molecule has 0 radical (unpaired) electrons. The average molecular weight is 553 g/mol. The lowest BCUT2D eigenvalue weighted by Gasteiger charge is -2.52. The first kappa shape index (κ1) is 28.2. The number of rotatable bonds is 12. The fourth-order valence-electron chi connectivity index (χ4n) is 7.40. The molecule has 0 aromatic carbocycles. The number of allylic oxidation sites excluding steroid dienone is 5. The minimum absolute atomic E-state index is 0.0270. The Balaban J connectivity index is 1.60. The van der Waals surface area contributed by atoms with Gasteiger partial charge in [-0.25, -0.2) is 9.59 Å². The van der Waals surface area contributed by atoms with Crippen molar-refractivity contribution in [1.82, 2.24) is 0 Å². The van der Waals surface area contributed by atoms with Crippen LogP contribution >= 0.6 is 0 Å². The zero-order valence-corrected chi connectivity index (χ0v) is 23.0. The van der Waals surface area contributed by atoms with E-state index in [1.807, 2.05) is 38.2 Å². The quantitative estimate of drug-likeness (QED) is 0.161. The van der Waals surface area contributed by atoms with Gasteiger partial charge in [-0.1, -0.05) is 43.2 Å². The minimum Gasteiger partial charge on any atom is -0.481 e. The second-order valence-corrected chi connectivity index (χ2v) is 11.5. The van der Waals surface area contributed by atoms with Crippen LogP contribution in [0.3, 0.4) is 0 Å². The number of carbonyl (C=O) groups excluding carboxylic acids is 4. The molecule has 5 rings (SSSR count). The van der Waals surface area contributed by atoms with Crippen molar-refractivity contribution in [3.05, 3.63) is 47.1 Å². The second kappa shape index (κ2) is 10.9. The summed E-state index contributed by atoms with van der Waals surface area (Å²) < 4.78 is 17.4. The van der Waals surface area contributed by atoms with Crippen molar-refractivity contribution in [3.63, 3.8) is 0 Å². The maximum Gasteiger partial charge on any atom is 0.343 e. The maximum atomic E-state index is 13.7. The molecule has 5 bridgehead atoms. The lowest BCUT2D eigenvalue weighted by Crippen LogP contribution is -2.59. The molecular formula is C31H36O9. The molecule has 3 aliphatic heterocycles. The van der Waals surface area contributed by atoms with Gasteiger partial charge in [-0.05, 0) is 57.8 Å². The van der Waals surface area contributed by atoms with Crippen LogP contribution in [0.4, 0.5) is 0 Å². The number of carboxylic acid groups (broad SMARTS) is 1. The summed E-state index contributed by atoms with van der Waals surface area (Å²) in [5.41, 5.74) is -1.25. The molecule has 214 valence electrons. The Morgan fingerprint density at radius 3 is 2.52 bits per heavy atom. The van der Waals surface area contributed by atoms with Gasteiger partial charge in [0.25, 0.3) is 0 Å². The third-order valence-corrected chi connectivity index (χ3v) is 9.11. The predicted octanol–water partition coefficient (Wildman–Crippen LogP) is 4.51. The molecule has 9 heteroatoms. The topological polar surface area (TPSA) is 133 Å². The van der Waals surface area contributed by atoms with E-state index in [0.717, 1.165) is 32.1 Å². The van der Waals surface area contributed by atoms with E-state index in [1.165, 1.54) is 0 Å². The number of cyclic esters (lactones) is 2. The molecule has 9 nitrogen and oxygen atoms in total. The highest BCUT2D eigenvalue weighted by molar-refractivity contribution is 6.14. The summed E-state index contributed by atoms with van der Waals surface area (Å²) in [5.74, 6) is -7.03. The summed E-state index contributed by atoms with van der Waals surface area (Å²) in [5, 5.41) is 9.90. The standard InChI is InChI=1S/C31H36O9/c1-3-5-7-8-9-11-12-18-14-23-30(17-24(33)34)16-20-25(28(36)38-27(20)35)26-19(18)15-22(21(32)13-10-6-4-2)39-31(23,26)40-29(30)37/h3-6,14,18-19,22,26H,7-13,15-17H2,1-2H3,(H,33,34)/b5-3+,6-4+/t18?,19?,22-,26?,30+,31?/m1/s1. The van der Waals surface area contributed by atoms with Gasteiger partial charge in [-0.3, -0.25) is 14.4 Å². The number of carbonyl (C=O) groups is 5. The van der Waals surface area contributed by atoms with Gasteiger partial charge in [-0.15, -0.1) is 0 Å². The largest absolute Gasteiger partial charge is 0.481 e. The number of aliphatic carboxylic acids is 1. The molecule has 3 heterocycles. The summed E-state index contributed by atoms with van der Waals surface area (Å²) in [6.07, 6.45) is 13.6. The number of ketones is 1. The monoisotopic (exact) mass is 552 g/mol. The number of ether oxygens (including phenoxy) is 3. The lowest BCUT2D eigenvalue weighted by molar-refractivity contribution is -0.268. The van der Waals surface area contributed by atoms with Crippen molar-refractivity contribution in [3.8, 4) is 0 Å². The Labute approximate surface area is 233 Å². The highest BCUT2D eigenvalue weighted by Gasteiger charge is 2.75. The molecule has 4 unspecified atom stereocenters. The molecule has 5 aliphatic rings. The van der Waals surface area contributed by atoms with E-state index in [2.05, 4.69) is 6.08 Å². The van der Waals surface area contributed by atoms with Crippen LogP contribution in [0, 0.1) is 23.2 Å². The maximum absolute atomic E-state index is 13.7. The Kier molecular flexibility index (Phi) is 7.70. The molecule has 6 atom stereocenters. The van der Waals surface area contributed by atoms with Gasteiger partial charge in [0.1, 0.15) is 11.5 Å². The number of hydrogen-bond donors (Lipinski definition) is 1. The molecule has 1 spiro atoms. The third kappa shape index (κ3) is 4.48. The Morgan fingerprint density at radius 1 is 1.05 bits per heavy atom. The van der Waals surface area contributed by atoms with Crippen molar-refractivity contribution in [2.24, 2.45) is 23.2 Å². The second-order valence-electron chi connectivity index (χ2n) is 11.5. The van der Waals surface area contributed by atoms with Crippen molar-refractivity contribution < 1.29 is 43.3 Å². The van der Waals surface area contributed by atoms with Crippen LogP contribution in [-0.2, 0) is 38.2 Å². The van der Waals surface area contributed by atoms with Crippen molar-refractivity contribution >= 4 is 29.7 Å². The van der Waals surface area contributed by atoms with Gasteiger partial charge in [0.05, 0.1) is 23.5 Å². The first-order chi connectivity index (χ1) is 19.2. The summed E-state index contributed by atoms with van der Waals surface area (Å²) in [7, 11) is 0. The molecule has 40 heavy (non-hydrogen) atoms. The van der Waals surface area contributed by atoms with E-state index in [4.69, 9.17) is 14.2 Å². The Morgan fingerprint density at radius 2 is 1.80 bits per heavy atom. The number of hydrogen-bond acceptors (Lipinski definition) is 8. The van der Waals surface area contributed by atoms with Crippen LogP contribution in [0.5, 0.6) is 0 Å². The Bertz CT molecular complexity index is 1250. The summed E-state index contributed by atoms with van der Waals surface area (Å²) in [6, 6.07) is 0. The zero-order valence-electron chi connectivity index (χ0n) is 23.0. The average Bonchev–Trinajstić information content (AvgIpc) is 3.25. The zero-order chi connectivity index (χ0) is 28.7. The lowest BCUT2D eigenvalue weighted by atomic mass is 9.59. The molecule has 0 amide bonds. The normalized spacial score (nSPS) is 34.1. The van der Waals surface area contributed by atoms with E-state index < -0.39 is 53.5 Å². The number of carboxylic acids is 1. The van der Waals surface area contributed by atoms with Gasteiger partial charge >= 0.3 is 23.9 Å². The van der Waals surface area contributed by atoms with Crippen molar-refractivity contribution in [2.75, 3.05) is 0 Å². The third-order valence-electron chi connectivity index (χ3n) is 9.11. The molecule has 2 saturated heterocycles. The van der Waals surface area contributed by atoms with E-state index in [1.54, 1.807) is 0 Å². The number of unbranched alkanes of at least 4 members (excludes halogenated alkanes) is 3. The van der Waals surface area contributed by atoms with Crippen molar-refractivity contribution in [2.45, 2.75) is 89.9 Å². The molecule has 0 aromatic heterocycles. The van der Waals surface area contributed by atoms with Gasteiger partial charge in [0.2, 0.25) is 5.79 Å². The molecular weight excluding hydrogens is 516 g/mol.